The van der Waals surface area contributed by atoms with Gasteiger partial charge < -0.3 is 15.1 Å². The van der Waals surface area contributed by atoms with E-state index in [4.69, 9.17) is 9.41 Å². The fraction of sp³-hybridized carbons (Fsp3) is 0.625. The molecule has 0 spiro atoms. The van der Waals surface area contributed by atoms with Crippen LogP contribution in [0.4, 0.5) is 0 Å². The maximum Gasteiger partial charge on any atom is 0.191 e. The summed E-state index contributed by atoms with van der Waals surface area (Å²) in [5.41, 5.74) is 0. The van der Waals surface area contributed by atoms with E-state index < -0.39 is 0 Å². The molecule has 4 rings (SSSR count). The van der Waals surface area contributed by atoms with Gasteiger partial charge >= 0.3 is 0 Å². The lowest BCUT2D eigenvalue weighted by Crippen LogP contribution is -2.45. The largest absolute Gasteiger partial charge is 0.468 e. The molecule has 0 aromatic carbocycles. The number of rotatable bonds is 8. The Morgan fingerprint density at radius 3 is 2.72 bits per heavy atom. The summed E-state index contributed by atoms with van der Waals surface area (Å²) in [6.45, 7) is 8.07. The van der Waals surface area contributed by atoms with Gasteiger partial charge in [-0.1, -0.05) is 6.07 Å². The Hall–Kier alpha value is -1.10. The van der Waals surface area contributed by atoms with Gasteiger partial charge in [-0.05, 0) is 88.8 Å². The second-order valence-electron chi connectivity index (χ2n) is 8.72. The molecule has 178 valence electrons. The number of hydrogen-bond acceptors (Lipinski definition) is 5. The van der Waals surface area contributed by atoms with Gasteiger partial charge in [-0.15, -0.1) is 35.3 Å². The van der Waals surface area contributed by atoms with Crippen molar-refractivity contribution in [3.8, 4) is 0 Å². The minimum Gasteiger partial charge on any atom is -0.468 e. The molecule has 2 aliphatic heterocycles. The third-order valence-electron chi connectivity index (χ3n) is 6.59. The summed E-state index contributed by atoms with van der Waals surface area (Å²) in [5.74, 6) is 2.52. The Bertz CT molecular complexity index is 791. The van der Waals surface area contributed by atoms with Crippen LogP contribution in [-0.4, -0.2) is 62.1 Å². The first-order valence-electron chi connectivity index (χ1n) is 11.8. The first kappa shape index (κ1) is 25.5. The minimum atomic E-state index is 0. The zero-order valence-corrected chi connectivity index (χ0v) is 22.5. The number of piperidine rings is 1. The quantitative estimate of drug-likeness (QED) is 0.273. The lowest BCUT2D eigenvalue weighted by Gasteiger charge is -2.39. The molecule has 2 fully saturated rings. The van der Waals surface area contributed by atoms with Crippen molar-refractivity contribution in [1.29, 1.82) is 0 Å². The van der Waals surface area contributed by atoms with E-state index in [0.717, 1.165) is 37.9 Å². The van der Waals surface area contributed by atoms with E-state index in [1.54, 1.807) is 6.26 Å². The van der Waals surface area contributed by atoms with Crippen LogP contribution in [-0.2, 0) is 0 Å². The van der Waals surface area contributed by atoms with Gasteiger partial charge in [0, 0.05) is 24.0 Å². The molecule has 3 atom stereocenters. The van der Waals surface area contributed by atoms with Crippen LogP contribution in [0.25, 0.3) is 0 Å². The SMILES string of the molecule is CCNC(=NCC(c1ccco1)N1CCCC1)NCC1CCCN(C)C1c1cccs1.I. The van der Waals surface area contributed by atoms with Gasteiger partial charge in [-0.25, -0.2) is 0 Å². The molecule has 2 N–H and O–H groups in total. The molecule has 0 aliphatic carbocycles. The predicted molar refractivity (Wildman–Crippen MR) is 144 cm³/mol. The van der Waals surface area contributed by atoms with E-state index in [2.05, 4.69) is 58.0 Å². The summed E-state index contributed by atoms with van der Waals surface area (Å²) < 4.78 is 5.77. The van der Waals surface area contributed by atoms with Crippen LogP contribution in [0.15, 0.2) is 45.3 Å². The third kappa shape index (κ3) is 6.48. The lowest BCUT2D eigenvalue weighted by molar-refractivity contribution is 0.125. The van der Waals surface area contributed by atoms with Gasteiger partial charge in [0.25, 0.3) is 0 Å². The molecule has 32 heavy (non-hydrogen) atoms. The van der Waals surface area contributed by atoms with Crippen molar-refractivity contribution >= 4 is 41.3 Å². The zero-order valence-electron chi connectivity index (χ0n) is 19.3. The van der Waals surface area contributed by atoms with Crippen LogP contribution in [0.2, 0.25) is 0 Å². The third-order valence-corrected chi connectivity index (χ3v) is 7.54. The summed E-state index contributed by atoms with van der Waals surface area (Å²) in [7, 11) is 2.26. The van der Waals surface area contributed by atoms with Crippen LogP contribution in [0.3, 0.4) is 0 Å². The Morgan fingerprint density at radius 2 is 2.03 bits per heavy atom. The maximum atomic E-state index is 5.77. The van der Waals surface area contributed by atoms with Gasteiger partial charge in [0.1, 0.15) is 5.76 Å². The van der Waals surface area contributed by atoms with Crippen LogP contribution in [0.5, 0.6) is 0 Å². The lowest BCUT2D eigenvalue weighted by atomic mass is 9.88. The van der Waals surface area contributed by atoms with E-state index in [9.17, 15) is 0 Å². The van der Waals surface area contributed by atoms with Gasteiger partial charge in [0.05, 0.1) is 18.8 Å². The average Bonchev–Trinajstić information content (AvgIpc) is 3.56. The number of nitrogens with one attached hydrogen (secondary N) is 2. The summed E-state index contributed by atoms with van der Waals surface area (Å²) in [6, 6.07) is 9.23. The highest BCUT2D eigenvalue weighted by Crippen LogP contribution is 2.36. The van der Waals surface area contributed by atoms with E-state index in [1.165, 1.54) is 37.1 Å². The molecule has 3 unspecified atom stereocenters. The number of hydrogen-bond donors (Lipinski definition) is 2. The van der Waals surface area contributed by atoms with Crippen molar-refractivity contribution in [3.05, 3.63) is 46.5 Å². The number of aliphatic imine (C=N–C) groups is 1. The molecule has 8 heteroatoms. The van der Waals surface area contributed by atoms with Crippen LogP contribution in [0.1, 0.15) is 55.3 Å². The standard InChI is InChI=1S/C24H37N5OS.HI/c1-3-25-24(27-18-20(21-10-7-15-30-21)29-13-4-5-14-29)26-17-19-9-6-12-28(2)23(19)22-11-8-16-31-22;/h7-8,10-11,15-16,19-20,23H,3-6,9,12-14,17-18H2,1-2H3,(H2,25,26,27);1H. The first-order chi connectivity index (χ1) is 15.3. The van der Waals surface area contributed by atoms with Crippen molar-refractivity contribution in [2.45, 2.75) is 44.7 Å². The summed E-state index contributed by atoms with van der Waals surface area (Å²) in [4.78, 5) is 11.5. The highest BCUT2D eigenvalue weighted by atomic mass is 127. The predicted octanol–water partition coefficient (Wildman–Crippen LogP) is 4.73. The highest BCUT2D eigenvalue weighted by molar-refractivity contribution is 14.0. The molecule has 2 aliphatic rings. The Balaban J connectivity index is 0.00000289. The second kappa shape index (κ2) is 13.0. The molecule has 0 saturated carbocycles. The summed E-state index contributed by atoms with van der Waals surface area (Å²) in [5, 5.41) is 9.31. The molecule has 2 aromatic rings. The highest BCUT2D eigenvalue weighted by Gasteiger charge is 2.31. The summed E-state index contributed by atoms with van der Waals surface area (Å²) >= 11 is 1.88. The van der Waals surface area contributed by atoms with Gasteiger partial charge in [-0.2, -0.15) is 0 Å². The van der Waals surface area contributed by atoms with Crippen molar-refractivity contribution in [2.24, 2.45) is 10.9 Å². The normalized spacial score (nSPS) is 23.6. The number of halogens is 1. The monoisotopic (exact) mass is 571 g/mol. The van der Waals surface area contributed by atoms with Gasteiger partial charge in [-0.3, -0.25) is 14.8 Å². The van der Waals surface area contributed by atoms with Crippen LogP contribution < -0.4 is 10.6 Å². The molecule has 2 saturated heterocycles. The smallest absolute Gasteiger partial charge is 0.191 e. The second-order valence-corrected chi connectivity index (χ2v) is 9.70. The topological polar surface area (TPSA) is 56.0 Å². The number of likely N-dealkylation sites (tertiary alicyclic amines) is 2. The Morgan fingerprint density at radius 1 is 1.19 bits per heavy atom. The van der Waals surface area contributed by atoms with Crippen LogP contribution >= 0.6 is 35.3 Å². The molecule has 6 nitrogen and oxygen atoms in total. The molecule has 4 heterocycles. The first-order valence-corrected chi connectivity index (χ1v) is 12.7. The van der Waals surface area contributed by atoms with E-state index >= 15 is 0 Å². The minimum absolute atomic E-state index is 0. The van der Waals surface area contributed by atoms with Gasteiger partial charge in [0.2, 0.25) is 0 Å². The van der Waals surface area contributed by atoms with Crippen molar-refractivity contribution in [1.82, 2.24) is 20.4 Å². The van der Waals surface area contributed by atoms with Gasteiger partial charge in [0.15, 0.2) is 5.96 Å². The van der Waals surface area contributed by atoms with E-state index in [1.807, 2.05) is 17.4 Å². The zero-order chi connectivity index (χ0) is 21.5. The molecular weight excluding hydrogens is 533 g/mol. The molecule has 0 bridgehead atoms. The van der Waals surface area contributed by atoms with Crippen molar-refractivity contribution in [3.63, 3.8) is 0 Å². The van der Waals surface area contributed by atoms with Crippen LogP contribution in [0, 0.1) is 5.92 Å². The Kier molecular flexibility index (Phi) is 10.3. The Labute approximate surface area is 213 Å². The average molecular weight is 572 g/mol. The van der Waals surface area contributed by atoms with E-state index in [-0.39, 0.29) is 30.0 Å². The number of thiophene rings is 1. The summed E-state index contributed by atoms with van der Waals surface area (Å²) in [6.07, 6.45) is 6.81. The fourth-order valence-corrected chi connectivity index (χ4v) is 6.03. The molecule has 0 radical (unpaired) electrons. The van der Waals surface area contributed by atoms with Crippen molar-refractivity contribution < 1.29 is 4.42 Å². The fourth-order valence-electron chi connectivity index (χ4n) is 5.05. The van der Waals surface area contributed by atoms with Crippen molar-refractivity contribution in [2.75, 3.05) is 46.3 Å². The molecular formula is C24H38IN5OS. The number of furan rings is 1. The number of guanidine groups is 1. The maximum absolute atomic E-state index is 5.77. The number of nitrogens with zero attached hydrogens (tertiary/aromatic N) is 3. The molecule has 2 aromatic heterocycles. The van der Waals surface area contributed by atoms with E-state index in [0.29, 0.717) is 18.5 Å². The molecule has 0 amide bonds.